The first-order valence-corrected chi connectivity index (χ1v) is 6.68. The number of ether oxygens (including phenoxy) is 2. The normalized spacial score (nSPS) is 13.9. The monoisotopic (exact) mass is 263 g/mol. The number of thiophene rings is 1. The fourth-order valence-corrected chi connectivity index (χ4v) is 2.55. The fraction of sp³-hybridized carbons (Fsp3) is 0.286. The van der Waals surface area contributed by atoms with Crippen LogP contribution in [0.5, 0.6) is 11.5 Å². The second-order valence-electron chi connectivity index (χ2n) is 4.09. The molecule has 2 atom stereocenters. The van der Waals surface area contributed by atoms with Crippen molar-refractivity contribution in [3.63, 3.8) is 0 Å². The Bertz CT molecular complexity index is 465. The lowest BCUT2D eigenvalue weighted by Gasteiger charge is -2.21. The third kappa shape index (κ3) is 3.03. The highest BCUT2D eigenvalue weighted by atomic mass is 32.1. The summed E-state index contributed by atoms with van der Waals surface area (Å²) in [5.74, 6) is 1.61. The molecule has 2 unspecified atom stereocenters. The summed E-state index contributed by atoms with van der Waals surface area (Å²) >= 11 is 1.66. The number of benzene rings is 1. The minimum atomic E-state index is -0.113. The van der Waals surface area contributed by atoms with E-state index >= 15 is 0 Å². The lowest BCUT2D eigenvalue weighted by atomic mass is 10.1. The zero-order chi connectivity index (χ0) is 13.0. The second-order valence-corrected chi connectivity index (χ2v) is 5.07. The lowest BCUT2D eigenvalue weighted by Crippen LogP contribution is -2.28. The number of methoxy groups -OCH3 is 1. The average molecular weight is 263 g/mol. The maximum Gasteiger partial charge on any atom is 0.148 e. The molecule has 0 radical (unpaired) electrons. The van der Waals surface area contributed by atoms with Gasteiger partial charge in [0.2, 0.25) is 0 Å². The van der Waals surface area contributed by atoms with E-state index in [4.69, 9.17) is 15.2 Å². The molecule has 0 saturated carbocycles. The summed E-state index contributed by atoms with van der Waals surface area (Å²) in [5, 5.41) is 2.03. The van der Waals surface area contributed by atoms with Crippen LogP contribution in [0.25, 0.3) is 0 Å². The Morgan fingerprint density at radius 2 is 1.78 bits per heavy atom. The summed E-state index contributed by atoms with van der Waals surface area (Å²) in [6.45, 7) is 1.95. The summed E-state index contributed by atoms with van der Waals surface area (Å²) in [7, 11) is 1.65. The van der Waals surface area contributed by atoms with Gasteiger partial charge in [0.1, 0.15) is 17.6 Å². The van der Waals surface area contributed by atoms with Crippen molar-refractivity contribution >= 4 is 11.3 Å². The lowest BCUT2D eigenvalue weighted by molar-refractivity contribution is 0.184. The molecule has 2 N–H and O–H groups in total. The number of hydrogen-bond acceptors (Lipinski definition) is 4. The summed E-state index contributed by atoms with van der Waals surface area (Å²) < 4.78 is 11.1. The molecule has 1 aromatic heterocycles. The molecule has 0 saturated heterocycles. The SMILES string of the molecule is COc1ccc(OC(c2cccs2)C(C)N)cc1. The summed E-state index contributed by atoms with van der Waals surface area (Å²) in [6, 6.07) is 11.5. The van der Waals surface area contributed by atoms with Crippen LogP contribution in [0.2, 0.25) is 0 Å². The highest BCUT2D eigenvalue weighted by molar-refractivity contribution is 7.10. The molecule has 2 aromatic rings. The summed E-state index contributed by atoms with van der Waals surface area (Å²) in [6.07, 6.45) is -0.113. The molecule has 18 heavy (non-hydrogen) atoms. The molecule has 1 heterocycles. The van der Waals surface area contributed by atoms with Gasteiger partial charge in [-0.1, -0.05) is 6.07 Å². The molecule has 0 spiro atoms. The topological polar surface area (TPSA) is 44.5 Å². The van der Waals surface area contributed by atoms with E-state index in [0.29, 0.717) is 0 Å². The van der Waals surface area contributed by atoms with Gasteiger partial charge in [0, 0.05) is 10.9 Å². The summed E-state index contributed by atoms with van der Waals surface area (Å²) in [5.41, 5.74) is 5.99. The Hall–Kier alpha value is -1.52. The van der Waals surface area contributed by atoms with Crippen molar-refractivity contribution in [3.8, 4) is 11.5 Å². The van der Waals surface area contributed by atoms with E-state index in [-0.39, 0.29) is 12.1 Å². The van der Waals surface area contributed by atoms with E-state index in [1.165, 1.54) is 0 Å². The molecule has 4 heteroatoms. The van der Waals surface area contributed by atoms with Gasteiger partial charge in [0.05, 0.1) is 7.11 Å². The van der Waals surface area contributed by atoms with Crippen LogP contribution < -0.4 is 15.2 Å². The zero-order valence-electron chi connectivity index (χ0n) is 10.5. The van der Waals surface area contributed by atoms with E-state index in [1.54, 1.807) is 18.4 Å². The Kier molecular flexibility index (Phi) is 4.23. The van der Waals surface area contributed by atoms with Gasteiger partial charge in [-0.3, -0.25) is 0 Å². The van der Waals surface area contributed by atoms with Gasteiger partial charge in [-0.2, -0.15) is 0 Å². The standard InChI is InChI=1S/C14H17NO2S/c1-10(15)14(13-4-3-9-18-13)17-12-7-5-11(16-2)6-8-12/h3-10,14H,15H2,1-2H3. The number of rotatable bonds is 5. The molecule has 2 rings (SSSR count). The molecular formula is C14H17NO2S. The number of hydrogen-bond donors (Lipinski definition) is 1. The molecule has 0 aliphatic rings. The van der Waals surface area contributed by atoms with E-state index in [9.17, 15) is 0 Å². The molecule has 0 aliphatic carbocycles. The van der Waals surface area contributed by atoms with Crippen LogP contribution in [0.4, 0.5) is 0 Å². The summed E-state index contributed by atoms with van der Waals surface area (Å²) in [4.78, 5) is 1.14. The molecule has 0 bridgehead atoms. The first-order valence-electron chi connectivity index (χ1n) is 5.80. The van der Waals surface area contributed by atoms with E-state index < -0.39 is 0 Å². The van der Waals surface area contributed by atoms with Gasteiger partial charge in [0.15, 0.2) is 0 Å². The van der Waals surface area contributed by atoms with Crippen molar-refractivity contribution in [2.75, 3.05) is 7.11 Å². The minimum Gasteiger partial charge on any atom is -0.497 e. The van der Waals surface area contributed by atoms with Gasteiger partial charge in [-0.15, -0.1) is 11.3 Å². The van der Waals surface area contributed by atoms with Crippen LogP contribution in [0.3, 0.4) is 0 Å². The predicted octanol–water partition coefficient (Wildman–Crippen LogP) is 3.22. The van der Waals surface area contributed by atoms with Crippen LogP contribution >= 0.6 is 11.3 Å². The van der Waals surface area contributed by atoms with Crippen LogP contribution in [-0.4, -0.2) is 13.2 Å². The molecule has 0 aliphatic heterocycles. The Balaban J connectivity index is 2.13. The van der Waals surface area contributed by atoms with E-state index in [0.717, 1.165) is 16.4 Å². The maximum absolute atomic E-state index is 5.99. The zero-order valence-corrected chi connectivity index (χ0v) is 11.3. The van der Waals surface area contributed by atoms with Gasteiger partial charge < -0.3 is 15.2 Å². The van der Waals surface area contributed by atoms with Crippen LogP contribution in [0.15, 0.2) is 41.8 Å². The third-order valence-electron chi connectivity index (χ3n) is 2.62. The first-order chi connectivity index (χ1) is 8.70. The second kappa shape index (κ2) is 5.89. The van der Waals surface area contributed by atoms with Crippen LogP contribution in [0, 0.1) is 0 Å². The van der Waals surface area contributed by atoms with Gasteiger partial charge >= 0.3 is 0 Å². The number of nitrogens with two attached hydrogens (primary N) is 1. The molecule has 96 valence electrons. The van der Waals surface area contributed by atoms with Crippen molar-refractivity contribution in [1.82, 2.24) is 0 Å². The molecule has 0 amide bonds. The van der Waals surface area contributed by atoms with Crippen LogP contribution in [0.1, 0.15) is 17.9 Å². The predicted molar refractivity (Wildman–Crippen MR) is 74.3 cm³/mol. The average Bonchev–Trinajstić information content (AvgIpc) is 2.90. The van der Waals surface area contributed by atoms with Crippen LogP contribution in [-0.2, 0) is 0 Å². The molecule has 3 nitrogen and oxygen atoms in total. The van der Waals surface area contributed by atoms with Gasteiger partial charge in [-0.25, -0.2) is 0 Å². The molecule has 0 fully saturated rings. The highest BCUT2D eigenvalue weighted by Gasteiger charge is 2.19. The van der Waals surface area contributed by atoms with E-state index in [2.05, 4.69) is 0 Å². The van der Waals surface area contributed by atoms with Crippen molar-refractivity contribution in [2.45, 2.75) is 19.1 Å². The van der Waals surface area contributed by atoms with Crippen molar-refractivity contribution in [1.29, 1.82) is 0 Å². The molecular weight excluding hydrogens is 246 g/mol. The fourth-order valence-electron chi connectivity index (χ4n) is 1.68. The smallest absolute Gasteiger partial charge is 0.148 e. The van der Waals surface area contributed by atoms with Crippen molar-refractivity contribution in [3.05, 3.63) is 46.7 Å². The highest BCUT2D eigenvalue weighted by Crippen LogP contribution is 2.28. The largest absolute Gasteiger partial charge is 0.497 e. The Labute approximate surface area is 111 Å². The van der Waals surface area contributed by atoms with Gasteiger partial charge in [0.25, 0.3) is 0 Å². The van der Waals surface area contributed by atoms with Crippen molar-refractivity contribution in [2.24, 2.45) is 5.73 Å². The minimum absolute atomic E-state index is 0.0641. The molecule has 1 aromatic carbocycles. The third-order valence-corrected chi connectivity index (χ3v) is 3.56. The van der Waals surface area contributed by atoms with Crippen molar-refractivity contribution < 1.29 is 9.47 Å². The van der Waals surface area contributed by atoms with Gasteiger partial charge in [-0.05, 0) is 42.6 Å². The Morgan fingerprint density at radius 3 is 2.28 bits per heavy atom. The quantitative estimate of drug-likeness (QED) is 0.900. The first kappa shape index (κ1) is 12.9. The Morgan fingerprint density at radius 1 is 1.11 bits per heavy atom. The maximum atomic E-state index is 5.99. The van der Waals surface area contributed by atoms with E-state index in [1.807, 2.05) is 48.7 Å².